The lowest BCUT2D eigenvalue weighted by Crippen LogP contribution is -2.33. The number of hydrogen-bond donors (Lipinski definition) is 1. The third-order valence-corrected chi connectivity index (χ3v) is 3.26. The van der Waals surface area contributed by atoms with Crippen molar-refractivity contribution in [3.63, 3.8) is 0 Å². The van der Waals surface area contributed by atoms with Crippen LogP contribution in [0.25, 0.3) is 0 Å². The fourth-order valence-corrected chi connectivity index (χ4v) is 1.67. The van der Waals surface area contributed by atoms with Gasteiger partial charge >= 0.3 is 14.2 Å². The molecule has 0 radical (unpaired) electrons. The van der Waals surface area contributed by atoms with Gasteiger partial charge in [-0.1, -0.05) is 6.58 Å². The van der Waals surface area contributed by atoms with E-state index in [1.165, 1.54) is 0 Å². The Balaban J connectivity index is 4.20. The Hall–Kier alpha value is -1.32. The second-order valence-corrected chi connectivity index (χ2v) is 6.65. The van der Waals surface area contributed by atoms with Crippen LogP contribution in [-0.4, -0.2) is 35.3 Å². The first-order valence-electron chi connectivity index (χ1n) is 6.74. The molecule has 22 heavy (non-hydrogen) atoms. The predicted octanol–water partition coefficient (Wildman–Crippen LogP) is 2.63. The van der Waals surface area contributed by atoms with Gasteiger partial charge in [-0.3, -0.25) is 0 Å². The van der Waals surface area contributed by atoms with Crippen molar-refractivity contribution in [3.05, 3.63) is 12.2 Å². The number of carbonyl (C=O) groups is 1. The molecule has 124 valence electrons. The summed E-state index contributed by atoms with van der Waals surface area (Å²) < 4.78 is 25.9. The summed E-state index contributed by atoms with van der Waals surface area (Å²) in [6.07, 6.45) is 0.871. The Morgan fingerprint density at radius 3 is 2.27 bits per heavy atom. The molecule has 7 nitrogen and oxygen atoms in total. The Bertz CT molecular complexity index is 466. The Kier molecular flexibility index (Phi) is 8.43. The Morgan fingerprint density at radius 1 is 1.23 bits per heavy atom. The molecule has 0 aromatic rings. The molecule has 0 spiro atoms. The number of esters is 1. The molecular weight excluding hydrogens is 309 g/mol. The molecule has 0 aliphatic heterocycles. The van der Waals surface area contributed by atoms with Crippen molar-refractivity contribution in [1.82, 2.24) is 0 Å². The molecule has 1 N–H and O–H groups in total. The molecular formula is C14H23NO6P+. The van der Waals surface area contributed by atoms with Crippen LogP contribution >= 0.6 is 8.25 Å². The predicted molar refractivity (Wildman–Crippen MR) is 80.0 cm³/mol. The number of ether oxygens (including phenoxy) is 2. The van der Waals surface area contributed by atoms with E-state index in [4.69, 9.17) is 19.6 Å². The highest BCUT2D eigenvalue weighted by atomic mass is 31.1. The maximum atomic E-state index is 11.5. The van der Waals surface area contributed by atoms with Crippen molar-refractivity contribution in [2.24, 2.45) is 0 Å². The minimum atomic E-state index is -2.60. The summed E-state index contributed by atoms with van der Waals surface area (Å²) in [5.74, 6) is -0.744. The fraction of sp³-hybridized carbons (Fsp3) is 0.714. The van der Waals surface area contributed by atoms with Gasteiger partial charge in [0.1, 0.15) is 23.9 Å². The smallest absolute Gasteiger partial charge is 0.455 e. The minimum absolute atomic E-state index is 0.110. The van der Waals surface area contributed by atoms with E-state index >= 15 is 0 Å². The van der Waals surface area contributed by atoms with Gasteiger partial charge in [-0.25, -0.2) is 4.79 Å². The quantitative estimate of drug-likeness (QED) is 0.284. The SMILES string of the molecule is C=C(C#N)C(=O)OC(C)(C)CCOC(C)(C)CCO[P+](=O)O. The Morgan fingerprint density at radius 2 is 1.77 bits per heavy atom. The maximum Gasteiger partial charge on any atom is 0.694 e. The first kappa shape index (κ1) is 20.7. The molecule has 0 saturated carbocycles. The molecule has 0 aliphatic rings. The Labute approximate surface area is 131 Å². The fourth-order valence-electron chi connectivity index (χ4n) is 1.42. The zero-order valence-electron chi connectivity index (χ0n) is 13.4. The van der Waals surface area contributed by atoms with Crippen LogP contribution in [0.5, 0.6) is 0 Å². The van der Waals surface area contributed by atoms with Crippen molar-refractivity contribution in [1.29, 1.82) is 5.26 Å². The number of carbonyl (C=O) groups excluding carboxylic acids is 1. The summed E-state index contributed by atoms with van der Waals surface area (Å²) >= 11 is 0. The highest BCUT2D eigenvalue weighted by Crippen LogP contribution is 2.22. The largest absolute Gasteiger partial charge is 0.694 e. The summed E-state index contributed by atoms with van der Waals surface area (Å²) in [5.41, 5.74) is -1.58. The van der Waals surface area contributed by atoms with E-state index in [0.29, 0.717) is 19.4 Å². The summed E-state index contributed by atoms with van der Waals surface area (Å²) in [6.45, 7) is 10.8. The zero-order valence-corrected chi connectivity index (χ0v) is 14.3. The zero-order chi connectivity index (χ0) is 17.4. The van der Waals surface area contributed by atoms with E-state index in [1.54, 1.807) is 19.9 Å². The van der Waals surface area contributed by atoms with Gasteiger partial charge in [0.05, 0.1) is 12.2 Å². The maximum absolute atomic E-state index is 11.5. The van der Waals surface area contributed by atoms with Gasteiger partial charge in [0.15, 0.2) is 0 Å². The molecule has 0 amide bonds. The third-order valence-electron chi connectivity index (χ3n) is 2.85. The molecule has 8 heteroatoms. The first-order chi connectivity index (χ1) is 9.99. The molecule has 0 aromatic heterocycles. The summed E-state index contributed by atoms with van der Waals surface area (Å²) in [7, 11) is -2.60. The first-order valence-corrected chi connectivity index (χ1v) is 7.87. The standard InChI is InChI=1S/C14H22NO6P/c1-11(10-15)12(16)21-14(4,5)6-8-19-13(2,3)7-9-20-22(17)18/h1,6-9H2,2-5H3/p+1. The van der Waals surface area contributed by atoms with Gasteiger partial charge in [0, 0.05) is 17.4 Å². The lowest BCUT2D eigenvalue weighted by Gasteiger charge is -2.29. The molecule has 0 fully saturated rings. The molecule has 0 rings (SSSR count). The highest BCUT2D eigenvalue weighted by molar-refractivity contribution is 7.32. The molecule has 1 atom stereocenters. The van der Waals surface area contributed by atoms with E-state index in [-0.39, 0.29) is 12.2 Å². The second-order valence-electron chi connectivity index (χ2n) is 5.92. The van der Waals surface area contributed by atoms with Crippen molar-refractivity contribution in [2.75, 3.05) is 13.2 Å². The lowest BCUT2D eigenvalue weighted by atomic mass is 10.0. The molecule has 0 aromatic carbocycles. The van der Waals surface area contributed by atoms with Crippen molar-refractivity contribution in [2.45, 2.75) is 51.7 Å². The van der Waals surface area contributed by atoms with Crippen LogP contribution in [0, 0.1) is 11.3 Å². The van der Waals surface area contributed by atoms with Gasteiger partial charge in [-0.2, -0.15) is 5.26 Å². The van der Waals surface area contributed by atoms with Gasteiger partial charge in [-0.05, 0) is 27.7 Å². The number of hydrogen-bond acceptors (Lipinski definition) is 6. The van der Waals surface area contributed by atoms with Crippen LogP contribution in [0.3, 0.4) is 0 Å². The molecule has 0 heterocycles. The normalized spacial score (nSPS) is 12.5. The monoisotopic (exact) mass is 332 g/mol. The van der Waals surface area contributed by atoms with Crippen molar-refractivity contribution < 1.29 is 28.3 Å². The molecule has 0 aliphatic carbocycles. The topological polar surface area (TPSA) is 106 Å². The average Bonchev–Trinajstić information content (AvgIpc) is 2.35. The van der Waals surface area contributed by atoms with Crippen LogP contribution < -0.4 is 0 Å². The minimum Gasteiger partial charge on any atom is -0.455 e. The van der Waals surface area contributed by atoms with Gasteiger partial charge < -0.3 is 9.47 Å². The van der Waals surface area contributed by atoms with Gasteiger partial charge in [0.25, 0.3) is 0 Å². The van der Waals surface area contributed by atoms with Crippen LogP contribution in [-0.2, 0) is 23.4 Å². The molecule has 0 bridgehead atoms. The van der Waals surface area contributed by atoms with Gasteiger partial charge in [0.2, 0.25) is 0 Å². The highest BCUT2D eigenvalue weighted by Gasteiger charge is 2.27. The van der Waals surface area contributed by atoms with Crippen LogP contribution in [0.4, 0.5) is 0 Å². The summed E-state index contributed by atoms with van der Waals surface area (Å²) in [6, 6.07) is 1.64. The second kappa shape index (κ2) is 8.96. The van der Waals surface area contributed by atoms with Crippen LogP contribution in [0.15, 0.2) is 12.2 Å². The van der Waals surface area contributed by atoms with E-state index in [2.05, 4.69) is 11.1 Å². The van der Waals surface area contributed by atoms with Crippen molar-refractivity contribution in [3.8, 4) is 6.07 Å². The average molecular weight is 332 g/mol. The van der Waals surface area contributed by atoms with E-state index < -0.39 is 25.4 Å². The number of nitrogens with zero attached hydrogens (tertiary/aromatic N) is 1. The number of rotatable bonds is 10. The van der Waals surface area contributed by atoms with E-state index in [9.17, 15) is 9.36 Å². The van der Waals surface area contributed by atoms with Gasteiger partial charge in [-0.15, -0.1) is 9.42 Å². The van der Waals surface area contributed by atoms with Crippen molar-refractivity contribution >= 4 is 14.2 Å². The third kappa shape index (κ3) is 9.59. The lowest BCUT2D eigenvalue weighted by molar-refractivity contribution is -0.153. The van der Waals surface area contributed by atoms with E-state index in [0.717, 1.165) is 0 Å². The number of nitriles is 1. The summed E-state index contributed by atoms with van der Waals surface area (Å²) in [5, 5.41) is 8.58. The molecule has 1 unspecified atom stereocenters. The summed E-state index contributed by atoms with van der Waals surface area (Å²) in [4.78, 5) is 20.1. The van der Waals surface area contributed by atoms with E-state index in [1.807, 2.05) is 13.8 Å². The van der Waals surface area contributed by atoms with Crippen LogP contribution in [0.1, 0.15) is 40.5 Å². The molecule has 0 saturated heterocycles. The van der Waals surface area contributed by atoms with Crippen LogP contribution in [0.2, 0.25) is 0 Å².